The molecule has 1 N–H and O–H groups in total. The molecule has 0 aliphatic rings. The topological polar surface area (TPSA) is 66.5 Å². The lowest BCUT2D eigenvalue weighted by molar-refractivity contribution is -0.121. The molecule has 0 saturated carbocycles. The molecular weight excluding hydrogens is 414 g/mol. The summed E-state index contributed by atoms with van der Waals surface area (Å²) in [5, 5.41) is 3.71. The van der Waals surface area contributed by atoms with Crippen LogP contribution >= 0.6 is 23.2 Å². The zero-order chi connectivity index (χ0) is 20.0. The van der Waals surface area contributed by atoms with Crippen LogP contribution in [0.15, 0.2) is 42.5 Å². The number of amides is 1. The Balaban J connectivity index is 1.88. The monoisotopic (exact) mass is 432 g/mol. The van der Waals surface area contributed by atoms with Crippen LogP contribution in [0.4, 0.5) is 10.1 Å². The number of nitrogens with zero attached hydrogens (tertiary/aromatic N) is 1. The maximum atomic E-state index is 13.0. The second kappa shape index (κ2) is 9.39. The van der Waals surface area contributed by atoms with Crippen molar-refractivity contribution >= 4 is 44.8 Å². The average molecular weight is 433 g/mol. The lowest BCUT2D eigenvalue weighted by Crippen LogP contribution is -2.32. The van der Waals surface area contributed by atoms with E-state index in [2.05, 4.69) is 5.32 Å². The number of benzene rings is 2. The summed E-state index contributed by atoms with van der Waals surface area (Å²) in [6, 6.07) is 10.2. The summed E-state index contributed by atoms with van der Waals surface area (Å²) in [6.45, 7) is 0.363. The first-order valence-corrected chi connectivity index (χ1v) is 10.7. The van der Waals surface area contributed by atoms with Crippen LogP contribution in [0, 0.1) is 5.82 Å². The lowest BCUT2D eigenvalue weighted by atomic mass is 10.2. The molecule has 146 valence electrons. The van der Waals surface area contributed by atoms with Gasteiger partial charge in [-0.3, -0.25) is 9.10 Å². The number of anilines is 1. The molecule has 0 spiro atoms. The third kappa shape index (κ3) is 6.68. The van der Waals surface area contributed by atoms with Crippen molar-refractivity contribution in [2.45, 2.75) is 19.4 Å². The van der Waals surface area contributed by atoms with Crippen LogP contribution in [0.2, 0.25) is 10.0 Å². The summed E-state index contributed by atoms with van der Waals surface area (Å²) in [7, 11) is -3.54. The van der Waals surface area contributed by atoms with E-state index < -0.39 is 15.8 Å². The molecule has 9 heteroatoms. The molecule has 2 aromatic carbocycles. The SMILES string of the molecule is CS(=O)(=O)N(CCCC(=O)NCc1ccc(Cl)cc1Cl)c1ccc(F)cc1. The first kappa shape index (κ1) is 21.5. The number of hydrogen-bond acceptors (Lipinski definition) is 3. The molecule has 0 fully saturated rings. The molecule has 0 heterocycles. The first-order chi connectivity index (χ1) is 12.7. The highest BCUT2D eigenvalue weighted by Crippen LogP contribution is 2.21. The molecule has 0 atom stereocenters. The van der Waals surface area contributed by atoms with E-state index in [4.69, 9.17) is 23.2 Å². The van der Waals surface area contributed by atoms with Crippen molar-refractivity contribution < 1.29 is 17.6 Å². The highest BCUT2D eigenvalue weighted by Gasteiger charge is 2.17. The van der Waals surface area contributed by atoms with Crippen molar-refractivity contribution in [2.24, 2.45) is 0 Å². The lowest BCUT2D eigenvalue weighted by Gasteiger charge is -2.22. The van der Waals surface area contributed by atoms with Gasteiger partial charge in [-0.2, -0.15) is 0 Å². The summed E-state index contributed by atoms with van der Waals surface area (Å²) >= 11 is 11.9. The van der Waals surface area contributed by atoms with Gasteiger partial charge in [0.1, 0.15) is 5.82 Å². The van der Waals surface area contributed by atoms with E-state index >= 15 is 0 Å². The molecule has 5 nitrogen and oxygen atoms in total. The third-order valence-electron chi connectivity index (χ3n) is 3.77. The van der Waals surface area contributed by atoms with Gasteiger partial charge in [0, 0.05) is 29.6 Å². The Bertz CT molecular complexity index is 905. The minimum absolute atomic E-state index is 0.111. The fraction of sp³-hybridized carbons (Fsp3) is 0.278. The summed E-state index contributed by atoms with van der Waals surface area (Å²) in [5.41, 5.74) is 1.09. The van der Waals surface area contributed by atoms with Gasteiger partial charge in [0.2, 0.25) is 15.9 Å². The van der Waals surface area contributed by atoms with E-state index in [0.29, 0.717) is 22.2 Å². The van der Waals surface area contributed by atoms with Crippen LogP contribution in [0.5, 0.6) is 0 Å². The van der Waals surface area contributed by atoms with Gasteiger partial charge < -0.3 is 5.32 Å². The standard InChI is InChI=1S/C18H19Cl2FN2O3S/c1-27(25,26)23(16-8-6-15(21)7-9-16)10-2-3-18(24)22-12-13-4-5-14(19)11-17(13)20/h4-9,11H,2-3,10,12H2,1H3,(H,22,24). The van der Waals surface area contributed by atoms with Gasteiger partial charge in [-0.05, 0) is 48.4 Å². The fourth-order valence-electron chi connectivity index (χ4n) is 2.42. The van der Waals surface area contributed by atoms with Gasteiger partial charge in [0.05, 0.1) is 11.9 Å². The Morgan fingerprint density at radius 3 is 2.41 bits per heavy atom. The summed E-state index contributed by atoms with van der Waals surface area (Å²) in [4.78, 5) is 12.0. The number of nitrogens with one attached hydrogen (secondary N) is 1. The summed E-state index contributed by atoms with van der Waals surface area (Å²) < 4.78 is 38.1. The second-order valence-corrected chi connectivity index (χ2v) is 8.68. The predicted molar refractivity (Wildman–Crippen MR) is 106 cm³/mol. The number of carbonyl (C=O) groups is 1. The largest absolute Gasteiger partial charge is 0.352 e. The first-order valence-electron chi connectivity index (χ1n) is 8.11. The van der Waals surface area contributed by atoms with Crippen molar-refractivity contribution in [1.29, 1.82) is 0 Å². The molecule has 0 aromatic heterocycles. The molecule has 0 unspecified atom stereocenters. The Morgan fingerprint density at radius 1 is 1.15 bits per heavy atom. The molecule has 0 aliphatic heterocycles. The van der Waals surface area contributed by atoms with E-state index in [1.54, 1.807) is 18.2 Å². The molecule has 0 bridgehead atoms. The van der Waals surface area contributed by atoms with Crippen LogP contribution in [0.3, 0.4) is 0 Å². The highest BCUT2D eigenvalue weighted by molar-refractivity contribution is 7.92. The van der Waals surface area contributed by atoms with Gasteiger partial charge in [-0.1, -0.05) is 29.3 Å². The minimum Gasteiger partial charge on any atom is -0.352 e. The smallest absolute Gasteiger partial charge is 0.232 e. The van der Waals surface area contributed by atoms with Crippen molar-refractivity contribution in [1.82, 2.24) is 5.32 Å². The van der Waals surface area contributed by atoms with E-state index in [0.717, 1.165) is 16.1 Å². The van der Waals surface area contributed by atoms with Gasteiger partial charge >= 0.3 is 0 Å². The third-order valence-corrected chi connectivity index (χ3v) is 5.55. The molecule has 0 radical (unpaired) electrons. The number of halogens is 3. The molecule has 0 aliphatic carbocycles. The number of carbonyl (C=O) groups excluding carboxylic acids is 1. The average Bonchev–Trinajstić information content (AvgIpc) is 2.58. The highest BCUT2D eigenvalue weighted by atomic mass is 35.5. The maximum absolute atomic E-state index is 13.0. The normalized spacial score (nSPS) is 11.3. The number of rotatable bonds is 8. The summed E-state index contributed by atoms with van der Waals surface area (Å²) in [5.74, 6) is -0.680. The van der Waals surface area contributed by atoms with Crippen LogP contribution in [0.25, 0.3) is 0 Å². The predicted octanol–water partition coefficient (Wildman–Crippen LogP) is 4.00. The maximum Gasteiger partial charge on any atom is 0.232 e. The Labute approximate surface area is 168 Å². The Morgan fingerprint density at radius 2 is 1.81 bits per heavy atom. The van der Waals surface area contributed by atoms with Crippen LogP contribution in [0.1, 0.15) is 18.4 Å². The van der Waals surface area contributed by atoms with Crippen molar-refractivity contribution in [2.75, 3.05) is 17.1 Å². The van der Waals surface area contributed by atoms with E-state index in [1.807, 2.05) is 0 Å². The van der Waals surface area contributed by atoms with Crippen molar-refractivity contribution in [3.05, 3.63) is 63.9 Å². The van der Waals surface area contributed by atoms with Crippen LogP contribution in [-0.4, -0.2) is 27.1 Å². The molecule has 1 amide bonds. The van der Waals surface area contributed by atoms with Crippen molar-refractivity contribution in [3.63, 3.8) is 0 Å². The molecular formula is C18H19Cl2FN2O3S. The molecule has 27 heavy (non-hydrogen) atoms. The second-order valence-electron chi connectivity index (χ2n) is 5.93. The Hall–Kier alpha value is -1.83. The Kier molecular flexibility index (Phi) is 7.47. The number of hydrogen-bond donors (Lipinski definition) is 1. The van der Waals surface area contributed by atoms with Gasteiger partial charge in [-0.25, -0.2) is 12.8 Å². The van der Waals surface area contributed by atoms with E-state index in [9.17, 15) is 17.6 Å². The zero-order valence-corrected chi connectivity index (χ0v) is 16.9. The van der Waals surface area contributed by atoms with Crippen LogP contribution in [-0.2, 0) is 21.4 Å². The fourth-order valence-corrected chi connectivity index (χ4v) is 3.86. The summed E-state index contributed by atoms with van der Waals surface area (Å²) in [6.07, 6.45) is 1.52. The van der Waals surface area contributed by atoms with Gasteiger partial charge in [-0.15, -0.1) is 0 Å². The van der Waals surface area contributed by atoms with Crippen LogP contribution < -0.4 is 9.62 Å². The quantitative estimate of drug-likeness (QED) is 0.685. The molecule has 2 aromatic rings. The van der Waals surface area contributed by atoms with Gasteiger partial charge in [0.25, 0.3) is 0 Å². The zero-order valence-electron chi connectivity index (χ0n) is 14.6. The molecule has 2 rings (SSSR count). The van der Waals surface area contributed by atoms with E-state index in [-0.39, 0.29) is 25.4 Å². The van der Waals surface area contributed by atoms with Crippen molar-refractivity contribution in [3.8, 4) is 0 Å². The number of sulfonamides is 1. The van der Waals surface area contributed by atoms with E-state index in [1.165, 1.54) is 24.3 Å². The van der Waals surface area contributed by atoms with Gasteiger partial charge in [0.15, 0.2) is 0 Å². The minimum atomic E-state index is -3.54. The molecule has 0 saturated heterocycles.